The van der Waals surface area contributed by atoms with Crippen molar-refractivity contribution in [1.29, 1.82) is 5.26 Å². The van der Waals surface area contributed by atoms with E-state index in [1.54, 1.807) is 16.4 Å². The number of thiocarbonyl (C=S) groups is 1. The van der Waals surface area contributed by atoms with Crippen molar-refractivity contribution in [3.63, 3.8) is 0 Å². The second-order valence-corrected chi connectivity index (χ2v) is 11.9. The van der Waals surface area contributed by atoms with E-state index in [-0.39, 0.29) is 23.8 Å². The molecule has 1 amide bonds. The van der Waals surface area contributed by atoms with Gasteiger partial charge in [-0.05, 0) is 61.4 Å². The van der Waals surface area contributed by atoms with Gasteiger partial charge in [-0.1, -0.05) is 43.9 Å². The van der Waals surface area contributed by atoms with E-state index in [2.05, 4.69) is 24.8 Å². The molecule has 1 aromatic heterocycles. The van der Waals surface area contributed by atoms with Gasteiger partial charge in [-0.3, -0.25) is 19.1 Å². The Kier molecular flexibility index (Phi) is 7.25. The molecular weight excluding hydrogens is 520 g/mol. The first-order chi connectivity index (χ1) is 18.2. The Morgan fingerprint density at radius 1 is 1.18 bits per heavy atom. The summed E-state index contributed by atoms with van der Waals surface area (Å²) in [6.07, 6.45) is 2.94. The van der Waals surface area contributed by atoms with E-state index < -0.39 is 0 Å². The zero-order valence-corrected chi connectivity index (χ0v) is 23.6. The van der Waals surface area contributed by atoms with Gasteiger partial charge in [-0.25, -0.2) is 0 Å². The normalized spacial score (nSPS) is 21.9. The van der Waals surface area contributed by atoms with Crippen LogP contribution in [0.2, 0.25) is 0 Å². The Morgan fingerprint density at radius 3 is 2.58 bits per heavy atom. The number of fused-ring (bicyclic) bond motifs is 1. The number of benzene rings is 1. The smallest absolute Gasteiger partial charge is 0.270 e. The molecule has 2 fully saturated rings. The molecule has 8 nitrogen and oxygen atoms in total. The third-order valence-electron chi connectivity index (χ3n) is 7.26. The highest BCUT2D eigenvalue weighted by atomic mass is 32.2. The number of hydrogen-bond acceptors (Lipinski definition) is 8. The number of anilines is 1. The Labute approximate surface area is 231 Å². The summed E-state index contributed by atoms with van der Waals surface area (Å²) in [6, 6.07) is 7.69. The summed E-state index contributed by atoms with van der Waals surface area (Å²) in [5, 5.41) is 9.84. The van der Waals surface area contributed by atoms with Crippen molar-refractivity contribution in [2.75, 3.05) is 24.8 Å². The van der Waals surface area contributed by atoms with Gasteiger partial charge in [0.15, 0.2) is 11.5 Å². The van der Waals surface area contributed by atoms with Crippen LogP contribution in [-0.4, -0.2) is 39.6 Å². The molecule has 3 aliphatic heterocycles. The molecule has 0 spiro atoms. The minimum absolute atomic E-state index is 0.107. The predicted molar refractivity (Wildman–Crippen MR) is 152 cm³/mol. The van der Waals surface area contributed by atoms with Crippen LogP contribution in [0.4, 0.5) is 5.82 Å². The molecule has 198 valence electrons. The number of aromatic nitrogens is 1. The number of rotatable bonds is 5. The lowest BCUT2D eigenvalue weighted by molar-refractivity contribution is -0.122. The zero-order chi connectivity index (χ0) is 27.1. The van der Waals surface area contributed by atoms with Crippen molar-refractivity contribution < 1.29 is 14.3 Å². The van der Waals surface area contributed by atoms with E-state index in [4.69, 9.17) is 21.7 Å². The van der Waals surface area contributed by atoms with Crippen LogP contribution >= 0.6 is 24.0 Å². The van der Waals surface area contributed by atoms with Crippen molar-refractivity contribution in [3.8, 4) is 17.6 Å². The van der Waals surface area contributed by atoms with Crippen molar-refractivity contribution in [1.82, 2.24) is 9.47 Å². The number of carbonyl (C=O) groups excluding carboxylic acids is 1. The van der Waals surface area contributed by atoms with Gasteiger partial charge in [0.2, 0.25) is 6.79 Å². The highest BCUT2D eigenvalue weighted by Crippen LogP contribution is 2.39. The molecule has 0 bridgehead atoms. The molecule has 1 aromatic carbocycles. The second kappa shape index (κ2) is 10.5. The van der Waals surface area contributed by atoms with E-state index in [0.29, 0.717) is 51.2 Å². The fourth-order valence-electron chi connectivity index (χ4n) is 5.60. The SMILES string of the molecule is CCn1c(N2CC(C)CC(C)C2)c(C=C2SC(=S)N(Cc3ccc4c(c3)OCO4)C2=O)c(C)c(C#N)c1=O. The molecule has 2 saturated heterocycles. The molecule has 0 N–H and O–H groups in total. The Bertz CT molecular complexity index is 1450. The van der Waals surface area contributed by atoms with Crippen LogP contribution in [0.25, 0.3) is 6.08 Å². The molecular formula is C28H30N4O4S2. The Hall–Kier alpha value is -3.29. The van der Waals surface area contributed by atoms with Crippen molar-refractivity contribution >= 4 is 46.1 Å². The van der Waals surface area contributed by atoms with Gasteiger partial charge in [-0.2, -0.15) is 5.26 Å². The van der Waals surface area contributed by atoms with Crippen molar-refractivity contribution in [3.05, 3.63) is 55.7 Å². The van der Waals surface area contributed by atoms with Crippen LogP contribution in [0.1, 0.15) is 49.4 Å². The maximum atomic E-state index is 13.6. The third kappa shape index (κ3) is 4.69. The molecule has 5 rings (SSSR count). The van der Waals surface area contributed by atoms with E-state index in [1.807, 2.05) is 31.2 Å². The Balaban J connectivity index is 1.56. The number of carbonyl (C=O) groups is 1. The summed E-state index contributed by atoms with van der Waals surface area (Å²) in [6.45, 7) is 10.7. The van der Waals surface area contributed by atoms with Crippen LogP contribution in [0.15, 0.2) is 27.9 Å². The summed E-state index contributed by atoms with van der Waals surface area (Å²) in [5.41, 5.74) is 2.01. The average Bonchev–Trinajstić information content (AvgIpc) is 3.44. The highest BCUT2D eigenvalue weighted by Gasteiger charge is 2.34. The molecule has 0 saturated carbocycles. The zero-order valence-electron chi connectivity index (χ0n) is 21.9. The van der Waals surface area contributed by atoms with Crippen LogP contribution in [0, 0.1) is 30.1 Å². The van der Waals surface area contributed by atoms with Gasteiger partial charge in [0.1, 0.15) is 21.8 Å². The molecule has 10 heteroatoms. The van der Waals surface area contributed by atoms with E-state index in [9.17, 15) is 14.9 Å². The summed E-state index contributed by atoms with van der Waals surface area (Å²) < 4.78 is 13.0. The maximum absolute atomic E-state index is 13.6. The molecule has 2 aromatic rings. The van der Waals surface area contributed by atoms with Gasteiger partial charge in [-0.15, -0.1) is 0 Å². The van der Waals surface area contributed by atoms with Gasteiger partial charge in [0.05, 0.1) is 11.4 Å². The summed E-state index contributed by atoms with van der Waals surface area (Å²) in [7, 11) is 0. The standard InChI is InChI=1S/C28H30N4O4S2/c1-5-31-25(30-12-16(2)8-17(3)13-30)20(18(4)21(11-29)26(31)33)10-24-27(34)32(28(37)38-24)14-19-6-7-22-23(9-19)36-15-35-22/h6-7,9-10,16-17H,5,8,12-15H2,1-4H3. The number of thioether (sulfide) groups is 1. The lowest BCUT2D eigenvalue weighted by Gasteiger charge is -2.38. The second-order valence-electron chi connectivity index (χ2n) is 10.2. The highest BCUT2D eigenvalue weighted by molar-refractivity contribution is 8.26. The first kappa shape index (κ1) is 26.3. The lowest BCUT2D eigenvalue weighted by Crippen LogP contribution is -2.42. The minimum Gasteiger partial charge on any atom is -0.454 e. The number of nitriles is 1. The van der Waals surface area contributed by atoms with Crippen LogP contribution in [0.3, 0.4) is 0 Å². The van der Waals surface area contributed by atoms with Crippen LogP contribution in [0.5, 0.6) is 11.5 Å². The number of ether oxygens (including phenoxy) is 2. The fourth-order valence-corrected chi connectivity index (χ4v) is 6.84. The predicted octanol–water partition coefficient (Wildman–Crippen LogP) is 4.66. The van der Waals surface area contributed by atoms with E-state index >= 15 is 0 Å². The van der Waals surface area contributed by atoms with Gasteiger partial charge < -0.3 is 14.4 Å². The van der Waals surface area contributed by atoms with Gasteiger partial charge in [0.25, 0.3) is 11.5 Å². The molecule has 2 unspecified atom stereocenters. The van der Waals surface area contributed by atoms with E-state index in [0.717, 1.165) is 36.5 Å². The number of hydrogen-bond donors (Lipinski definition) is 0. The number of nitrogens with zero attached hydrogens (tertiary/aromatic N) is 4. The van der Waals surface area contributed by atoms with Crippen molar-refractivity contribution in [2.24, 2.45) is 11.8 Å². The molecule has 0 aliphatic carbocycles. The van der Waals surface area contributed by atoms with E-state index in [1.165, 1.54) is 11.8 Å². The molecule has 38 heavy (non-hydrogen) atoms. The summed E-state index contributed by atoms with van der Waals surface area (Å²) in [5.74, 6) is 2.83. The molecule has 3 aliphatic rings. The fraction of sp³-hybridized carbons (Fsp3) is 0.429. The quantitative estimate of drug-likeness (QED) is 0.392. The Morgan fingerprint density at radius 2 is 1.89 bits per heavy atom. The van der Waals surface area contributed by atoms with Gasteiger partial charge >= 0.3 is 0 Å². The first-order valence-corrected chi connectivity index (χ1v) is 14.0. The minimum atomic E-state index is -0.291. The number of amides is 1. The largest absolute Gasteiger partial charge is 0.454 e. The molecule has 2 atom stereocenters. The number of piperidine rings is 1. The topological polar surface area (TPSA) is 87.8 Å². The van der Waals surface area contributed by atoms with Crippen molar-refractivity contribution in [2.45, 2.75) is 47.2 Å². The third-order valence-corrected chi connectivity index (χ3v) is 8.64. The summed E-state index contributed by atoms with van der Waals surface area (Å²) >= 11 is 6.84. The lowest BCUT2D eigenvalue weighted by atomic mass is 9.91. The molecule has 4 heterocycles. The maximum Gasteiger partial charge on any atom is 0.270 e. The van der Waals surface area contributed by atoms with Crippen LogP contribution in [-0.2, 0) is 17.9 Å². The number of pyridine rings is 1. The van der Waals surface area contributed by atoms with Crippen LogP contribution < -0.4 is 19.9 Å². The molecule has 0 radical (unpaired) electrons. The average molecular weight is 551 g/mol. The first-order valence-electron chi connectivity index (χ1n) is 12.8. The monoisotopic (exact) mass is 550 g/mol. The van der Waals surface area contributed by atoms with Gasteiger partial charge in [0, 0.05) is 25.2 Å². The summed E-state index contributed by atoms with van der Waals surface area (Å²) in [4.78, 5) is 31.2.